The highest BCUT2D eigenvalue weighted by Gasteiger charge is 2.37. The summed E-state index contributed by atoms with van der Waals surface area (Å²) in [6, 6.07) is 9.54. The number of rotatable bonds is 4. The molecule has 1 aromatic heterocycles. The van der Waals surface area contributed by atoms with E-state index in [1.54, 1.807) is 6.07 Å². The third kappa shape index (κ3) is 4.28. The molecule has 2 fully saturated rings. The number of nitriles is 1. The van der Waals surface area contributed by atoms with Crippen LogP contribution in [0.25, 0.3) is 10.9 Å². The first kappa shape index (κ1) is 22.5. The molecule has 2 heterocycles. The highest BCUT2D eigenvalue weighted by Crippen LogP contribution is 2.37. The molecule has 5 nitrogen and oxygen atoms in total. The summed E-state index contributed by atoms with van der Waals surface area (Å²) in [5, 5.41) is 11.2. The molecule has 1 amide bonds. The molecule has 2 aliphatic rings. The monoisotopic (exact) mass is 467 g/mol. The van der Waals surface area contributed by atoms with E-state index in [1.165, 1.54) is 23.3 Å². The Hall–Kier alpha value is -3.31. The SMILES string of the molecule is N#Cc1cc2c(ccn2C[C@H]2CC[C@H](C(=O)N3OCC[C@H]3c3cc(F)cc(F)c3)CC2)cc1F. The molecule has 1 atom stereocenters. The molecule has 0 radical (unpaired) electrons. The van der Waals surface area contributed by atoms with E-state index in [2.05, 4.69) is 0 Å². The highest BCUT2D eigenvalue weighted by molar-refractivity contribution is 5.82. The largest absolute Gasteiger partial charge is 0.347 e. The smallest absolute Gasteiger partial charge is 0.249 e. The van der Waals surface area contributed by atoms with E-state index in [0.29, 0.717) is 37.4 Å². The second-order valence-electron chi connectivity index (χ2n) is 9.19. The first-order valence-corrected chi connectivity index (χ1v) is 11.5. The molecule has 0 N–H and O–H groups in total. The number of fused-ring (bicyclic) bond motifs is 1. The van der Waals surface area contributed by atoms with Crippen LogP contribution in [-0.4, -0.2) is 22.1 Å². The first-order chi connectivity index (χ1) is 16.4. The van der Waals surface area contributed by atoms with E-state index in [0.717, 1.165) is 36.4 Å². The Morgan fingerprint density at radius 3 is 2.47 bits per heavy atom. The number of hydroxylamine groups is 2. The third-order valence-corrected chi connectivity index (χ3v) is 7.02. The van der Waals surface area contributed by atoms with E-state index in [4.69, 9.17) is 10.1 Å². The Kier molecular flexibility index (Phi) is 6.05. The summed E-state index contributed by atoms with van der Waals surface area (Å²) in [6.45, 7) is 1.06. The summed E-state index contributed by atoms with van der Waals surface area (Å²) in [5.74, 6) is -1.84. The van der Waals surface area contributed by atoms with Crippen molar-refractivity contribution in [2.45, 2.75) is 44.7 Å². The molecule has 8 heteroatoms. The van der Waals surface area contributed by atoms with Gasteiger partial charge in [-0.05, 0) is 67.5 Å². The second-order valence-corrected chi connectivity index (χ2v) is 9.19. The minimum absolute atomic E-state index is 0.0279. The van der Waals surface area contributed by atoms with Crippen molar-refractivity contribution in [1.82, 2.24) is 9.63 Å². The molecule has 5 rings (SSSR count). The van der Waals surface area contributed by atoms with Gasteiger partial charge in [0.15, 0.2) is 0 Å². The fourth-order valence-corrected chi connectivity index (χ4v) is 5.26. The molecule has 1 saturated heterocycles. The Morgan fingerprint density at radius 2 is 1.76 bits per heavy atom. The van der Waals surface area contributed by atoms with Crippen LogP contribution in [-0.2, 0) is 16.2 Å². The summed E-state index contributed by atoms with van der Waals surface area (Å²) in [6.07, 6.45) is 5.49. The van der Waals surface area contributed by atoms with Gasteiger partial charge < -0.3 is 4.57 Å². The number of hydrogen-bond donors (Lipinski definition) is 0. The van der Waals surface area contributed by atoms with Crippen LogP contribution in [0.2, 0.25) is 0 Å². The third-order valence-electron chi connectivity index (χ3n) is 7.02. The van der Waals surface area contributed by atoms with Gasteiger partial charge in [0.05, 0.1) is 18.2 Å². The van der Waals surface area contributed by atoms with Crippen molar-refractivity contribution in [2.75, 3.05) is 6.61 Å². The molecule has 34 heavy (non-hydrogen) atoms. The highest BCUT2D eigenvalue weighted by atomic mass is 19.1. The lowest BCUT2D eigenvalue weighted by molar-refractivity contribution is -0.183. The summed E-state index contributed by atoms with van der Waals surface area (Å²) < 4.78 is 43.3. The number of nitrogens with zero attached hydrogens (tertiary/aromatic N) is 3. The zero-order chi connectivity index (χ0) is 23.8. The van der Waals surface area contributed by atoms with E-state index < -0.39 is 23.5 Å². The Morgan fingerprint density at radius 1 is 1.03 bits per heavy atom. The molecule has 2 aromatic carbocycles. The Bertz CT molecular complexity index is 1250. The molecule has 0 bridgehead atoms. The number of hydrogen-bond acceptors (Lipinski definition) is 3. The molecule has 1 saturated carbocycles. The molecule has 3 aromatic rings. The van der Waals surface area contributed by atoms with Crippen LogP contribution in [0.1, 0.15) is 49.3 Å². The van der Waals surface area contributed by atoms with E-state index in [9.17, 15) is 18.0 Å². The molecule has 176 valence electrons. The topological polar surface area (TPSA) is 58.3 Å². The van der Waals surface area contributed by atoms with E-state index in [-0.39, 0.29) is 17.4 Å². The van der Waals surface area contributed by atoms with Gasteiger partial charge in [-0.1, -0.05) is 0 Å². The van der Waals surface area contributed by atoms with Crippen LogP contribution >= 0.6 is 0 Å². The number of carbonyl (C=O) groups excluding carboxylic acids is 1. The number of amides is 1. The molecule has 1 aliphatic carbocycles. The lowest BCUT2D eigenvalue weighted by Crippen LogP contribution is -2.37. The Labute approximate surface area is 195 Å². The van der Waals surface area contributed by atoms with Crippen LogP contribution in [0, 0.1) is 40.6 Å². The van der Waals surface area contributed by atoms with Crippen molar-refractivity contribution in [3.63, 3.8) is 0 Å². The zero-order valence-corrected chi connectivity index (χ0v) is 18.5. The lowest BCUT2D eigenvalue weighted by atomic mass is 9.81. The maximum atomic E-state index is 13.9. The van der Waals surface area contributed by atoms with Crippen LogP contribution in [0.15, 0.2) is 42.6 Å². The molecule has 0 unspecified atom stereocenters. The van der Waals surface area contributed by atoms with Crippen molar-refractivity contribution in [3.05, 3.63) is 71.2 Å². The minimum atomic E-state index is -0.669. The van der Waals surface area contributed by atoms with Crippen molar-refractivity contribution in [2.24, 2.45) is 11.8 Å². The van der Waals surface area contributed by atoms with E-state index >= 15 is 0 Å². The zero-order valence-electron chi connectivity index (χ0n) is 18.5. The van der Waals surface area contributed by atoms with Crippen LogP contribution in [0.4, 0.5) is 13.2 Å². The van der Waals surface area contributed by atoms with Crippen LogP contribution in [0.3, 0.4) is 0 Å². The number of carbonyl (C=O) groups is 1. The molecular formula is C26H24F3N3O2. The van der Waals surface area contributed by atoms with E-state index in [1.807, 2.05) is 22.9 Å². The summed E-state index contributed by atoms with van der Waals surface area (Å²) in [7, 11) is 0. The summed E-state index contributed by atoms with van der Waals surface area (Å²) >= 11 is 0. The fraction of sp³-hybridized carbons (Fsp3) is 0.385. The fourth-order valence-electron chi connectivity index (χ4n) is 5.26. The van der Waals surface area contributed by atoms with Gasteiger partial charge in [-0.3, -0.25) is 9.63 Å². The van der Waals surface area contributed by atoms with Gasteiger partial charge >= 0.3 is 0 Å². The van der Waals surface area contributed by atoms with Crippen molar-refractivity contribution < 1.29 is 22.8 Å². The van der Waals surface area contributed by atoms with Crippen LogP contribution in [0.5, 0.6) is 0 Å². The van der Waals surface area contributed by atoms with Gasteiger partial charge in [0.2, 0.25) is 5.91 Å². The maximum absolute atomic E-state index is 13.9. The average molecular weight is 467 g/mol. The normalized spacial score (nSPS) is 22.8. The lowest BCUT2D eigenvalue weighted by Gasteiger charge is -2.32. The summed E-state index contributed by atoms with van der Waals surface area (Å²) in [4.78, 5) is 18.8. The van der Waals surface area contributed by atoms with Gasteiger partial charge in [-0.15, -0.1) is 0 Å². The molecular weight excluding hydrogens is 443 g/mol. The van der Waals surface area contributed by atoms with Gasteiger partial charge in [-0.25, -0.2) is 18.2 Å². The van der Waals surface area contributed by atoms with Gasteiger partial charge in [0.1, 0.15) is 23.5 Å². The second kappa shape index (κ2) is 9.15. The van der Waals surface area contributed by atoms with Crippen molar-refractivity contribution >= 4 is 16.8 Å². The number of halogens is 3. The van der Waals surface area contributed by atoms with Crippen molar-refractivity contribution in [3.8, 4) is 6.07 Å². The van der Waals surface area contributed by atoms with Gasteiger partial charge in [0.25, 0.3) is 0 Å². The standard InChI is InChI=1S/C26H24F3N3O2/c27-21-9-19(10-22(28)13-21)24-6-8-34-32(24)26(33)17-3-1-16(2-4-17)15-31-7-5-18-11-23(29)20(14-30)12-25(18)31/h5,7,9-13,16-17,24H,1-4,6,8,15H2/t16-,17-,24-/m0/s1. The maximum Gasteiger partial charge on any atom is 0.249 e. The quantitative estimate of drug-likeness (QED) is 0.499. The Balaban J connectivity index is 1.23. The van der Waals surface area contributed by atoms with Gasteiger partial charge in [-0.2, -0.15) is 5.26 Å². The molecule has 1 aliphatic heterocycles. The summed E-state index contributed by atoms with van der Waals surface area (Å²) in [5.41, 5.74) is 1.26. The first-order valence-electron chi connectivity index (χ1n) is 11.5. The average Bonchev–Trinajstić information content (AvgIpc) is 3.45. The van der Waals surface area contributed by atoms with Crippen LogP contribution < -0.4 is 0 Å². The number of benzene rings is 2. The predicted octanol–water partition coefficient (Wildman–Crippen LogP) is 5.64. The molecule has 0 spiro atoms. The minimum Gasteiger partial charge on any atom is -0.347 e. The van der Waals surface area contributed by atoms with Crippen molar-refractivity contribution in [1.29, 1.82) is 5.26 Å². The predicted molar refractivity (Wildman–Crippen MR) is 119 cm³/mol. The van der Waals surface area contributed by atoms with Gasteiger partial charge in [0, 0.05) is 42.0 Å². The number of aromatic nitrogens is 1.